The largest absolute Gasteiger partial charge is 0.138 e. The number of halogens is 1. The number of fused-ring (bicyclic) bond motifs is 1. The van der Waals surface area contributed by atoms with E-state index in [0.29, 0.717) is 0 Å². The smallest absolute Gasteiger partial charge is 0.0542 e. The summed E-state index contributed by atoms with van der Waals surface area (Å²) in [6.07, 6.45) is 0. The standard InChI is InChI=1S/C9H6BrS/c1-6-7-3-2-4-9(10)8(7)5-11-6/h2-4H,1H3. The van der Waals surface area contributed by atoms with E-state index in [4.69, 9.17) is 0 Å². The van der Waals surface area contributed by atoms with Crippen molar-refractivity contribution in [2.45, 2.75) is 6.92 Å². The van der Waals surface area contributed by atoms with Gasteiger partial charge in [0.25, 0.3) is 0 Å². The Morgan fingerprint density at radius 3 is 3.00 bits per heavy atom. The highest BCUT2D eigenvalue weighted by Gasteiger charge is 2.01. The Hall–Kier alpha value is -0.340. The normalized spacial score (nSPS) is 10.7. The lowest BCUT2D eigenvalue weighted by Gasteiger charge is -1.92. The summed E-state index contributed by atoms with van der Waals surface area (Å²) < 4.78 is 1.14. The maximum Gasteiger partial charge on any atom is 0.0542 e. The van der Waals surface area contributed by atoms with Gasteiger partial charge in [-0.05, 0) is 18.4 Å². The van der Waals surface area contributed by atoms with Crippen LogP contribution in [-0.2, 0) is 0 Å². The SMILES string of the molecule is Cc1s[c]c2c(Br)cccc12. The minimum Gasteiger partial charge on any atom is -0.138 e. The van der Waals surface area contributed by atoms with Gasteiger partial charge < -0.3 is 0 Å². The van der Waals surface area contributed by atoms with Crippen molar-refractivity contribution >= 4 is 38.0 Å². The molecule has 2 rings (SSSR count). The second kappa shape index (κ2) is 2.61. The summed E-state index contributed by atoms with van der Waals surface area (Å²) in [6, 6.07) is 6.23. The van der Waals surface area contributed by atoms with Gasteiger partial charge in [-0.3, -0.25) is 0 Å². The van der Waals surface area contributed by atoms with Gasteiger partial charge in [0, 0.05) is 14.7 Å². The fraction of sp³-hybridized carbons (Fsp3) is 0.111. The van der Waals surface area contributed by atoms with Crippen molar-refractivity contribution in [1.29, 1.82) is 0 Å². The molecule has 55 valence electrons. The van der Waals surface area contributed by atoms with Gasteiger partial charge >= 0.3 is 0 Å². The van der Waals surface area contributed by atoms with E-state index in [1.54, 1.807) is 11.3 Å². The molecule has 0 atom stereocenters. The van der Waals surface area contributed by atoms with Gasteiger partial charge in [0.15, 0.2) is 0 Å². The van der Waals surface area contributed by atoms with Crippen LogP contribution >= 0.6 is 27.3 Å². The number of rotatable bonds is 0. The molecular formula is C9H6BrS. The quantitative estimate of drug-likeness (QED) is 0.641. The van der Waals surface area contributed by atoms with Crippen LogP contribution in [0.15, 0.2) is 22.7 Å². The summed E-state index contributed by atoms with van der Waals surface area (Å²) in [5.74, 6) is 0. The van der Waals surface area contributed by atoms with Crippen molar-refractivity contribution in [3.63, 3.8) is 0 Å². The molecule has 0 aliphatic carbocycles. The van der Waals surface area contributed by atoms with Crippen molar-refractivity contribution in [2.75, 3.05) is 0 Å². The van der Waals surface area contributed by atoms with E-state index >= 15 is 0 Å². The maximum absolute atomic E-state index is 3.49. The molecule has 0 saturated heterocycles. The van der Waals surface area contributed by atoms with E-state index in [9.17, 15) is 0 Å². The number of hydrogen-bond donors (Lipinski definition) is 0. The van der Waals surface area contributed by atoms with E-state index in [-0.39, 0.29) is 0 Å². The van der Waals surface area contributed by atoms with Gasteiger partial charge in [-0.2, -0.15) is 0 Å². The zero-order valence-electron chi connectivity index (χ0n) is 6.02. The Labute approximate surface area is 78.0 Å². The number of thiophene rings is 1. The summed E-state index contributed by atoms with van der Waals surface area (Å²) in [6.45, 7) is 2.12. The average Bonchev–Trinajstić information content (AvgIpc) is 2.35. The molecule has 0 fully saturated rings. The van der Waals surface area contributed by atoms with Crippen LogP contribution in [-0.4, -0.2) is 0 Å². The first kappa shape index (κ1) is 7.32. The highest BCUT2D eigenvalue weighted by atomic mass is 79.9. The van der Waals surface area contributed by atoms with Crippen LogP contribution in [0.4, 0.5) is 0 Å². The molecule has 0 unspecified atom stereocenters. The Balaban J connectivity index is 2.94. The fourth-order valence-electron chi connectivity index (χ4n) is 1.10. The lowest BCUT2D eigenvalue weighted by molar-refractivity contribution is 1.67. The van der Waals surface area contributed by atoms with Crippen molar-refractivity contribution in [2.24, 2.45) is 0 Å². The molecular weight excluding hydrogens is 220 g/mol. The van der Waals surface area contributed by atoms with Gasteiger partial charge in [0.1, 0.15) is 0 Å². The fourth-order valence-corrected chi connectivity index (χ4v) is 2.46. The van der Waals surface area contributed by atoms with E-state index < -0.39 is 0 Å². The van der Waals surface area contributed by atoms with Crippen LogP contribution in [0.5, 0.6) is 0 Å². The van der Waals surface area contributed by atoms with Crippen LogP contribution in [0.25, 0.3) is 10.8 Å². The first-order chi connectivity index (χ1) is 5.29. The van der Waals surface area contributed by atoms with Gasteiger partial charge in [-0.1, -0.05) is 28.1 Å². The van der Waals surface area contributed by atoms with Crippen LogP contribution < -0.4 is 0 Å². The lowest BCUT2D eigenvalue weighted by atomic mass is 10.2. The molecule has 0 saturated carbocycles. The van der Waals surface area contributed by atoms with Gasteiger partial charge in [-0.15, -0.1) is 11.3 Å². The highest BCUT2D eigenvalue weighted by molar-refractivity contribution is 9.10. The number of hydrogen-bond acceptors (Lipinski definition) is 1. The second-order valence-corrected chi connectivity index (χ2v) is 4.30. The Bertz CT molecular complexity index is 389. The van der Waals surface area contributed by atoms with Crippen LogP contribution in [0.1, 0.15) is 4.88 Å². The average molecular weight is 226 g/mol. The van der Waals surface area contributed by atoms with Crippen molar-refractivity contribution in [1.82, 2.24) is 0 Å². The summed E-state index contributed by atoms with van der Waals surface area (Å²) in [7, 11) is 0. The van der Waals surface area contributed by atoms with Gasteiger partial charge in [-0.25, -0.2) is 0 Å². The molecule has 0 bridgehead atoms. The molecule has 2 heteroatoms. The molecule has 0 amide bonds. The van der Waals surface area contributed by atoms with Crippen LogP contribution in [0, 0.1) is 12.3 Å². The Morgan fingerprint density at radius 2 is 2.27 bits per heavy atom. The van der Waals surface area contributed by atoms with Crippen molar-refractivity contribution in [3.8, 4) is 0 Å². The highest BCUT2D eigenvalue weighted by Crippen LogP contribution is 2.29. The van der Waals surface area contributed by atoms with E-state index in [2.05, 4.69) is 40.4 Å². The van der Waals surface area contributed by atoms with E-state index in [0.717, 1.165) is 4.47 Å². The first-order valence-corrected chi connectivity index (χ1v) is 4.95. The third-order valence-corrected chi connectivity index (χ3v) is 3.19. The Morgan fingerprint density at radius 1 is 1.45 bits per heavy atom. The third-order valence-electron chi connectivity index (χ3n) is 1.70. The Kier molecular flexibility index (Phi) is 1.74. The monoisotopic (exact) mass is 225 g/mol. The zero-order chi connectivity index (χ0) is 7.84. The molecule has 11 heavy (non-hydrogen) atoms. The van der Waals surface area contributed by atoms with Crippen molar-refractivity contribution < 1.29 is 0 Å². The van der Waals surface area contributed by atoms with Gasteiger partial charge in [0.05, 0.1) is 5.38 Å². The molecule has 1 aromatic heterocycles. The van der Waals surface area contributed by atoms with Crippen LogP contribution in [0.3, 0.4) is 0 Å². The van der Waals surface area contributed by atoms with Crippen molar-refractivity contribution in [3.05, 3.63) is 32.9 Å². The zero-order valence-corrected chi connectivity index (χ0v) is 8.42. The molecule has 0 nitrogen and oxygen atoms in total. The summed E-state index contributed by atoms with van der Waals surface area (Å²) in [4.78, 5) is 1.33. The molecule has 1 heterocycles. The number of benzene rings is 1. The molecule has 1 radical (unpaired) electrons. The first-order valence-electron chi connectivity index (χ1n) is 3.34. The third kappa shape index (κ3) is 1.10. The van der Waals surface area contributed by atoms with E-state index in [1.807, 2.05) is 6.07 Å². The lowest BCUT2D eigenvalue weighted by Crippen LogP contribution is -1.67. The summed E-state index contributed by atoms with van der Waals surface area (Å²) >= 11 is 5.16. The molecule has 1 aromatic carbocycles. The molecule has 0 N–H and O–H groups in total. The number of aryl methyl sites for hydroxylation is 1. The summed E-state index contributed by atoms with van der Waals surface area (Å²) in [5, 5.41) is 5.76. The molecule has 0 spiro atoms. The minimum absolute atomic E-state index is 1.14. The molecule has 2 aromatic rings. The molecule has 0 aliphatic rings. The van der Waals surface area contributed by atoms with E-state index in [1.165, 1.54) is 15.6 Å². The predicted molar refractivity (Wildman–Crippen MR) is 53.1 cm³/mol. The predicted octanol–water partition coefficient (Wildman–Crippen LogP) is 3.77. The maximum atomic E-state index is 3.49. The van der Waals surface area contributed by atoms with Gasteiger partial charge in [0.2, 0.25) is 0 Å². The second-order valence-electron chi connectivity index (χ2n) is 2.42. The topological polar surface area (TPSA) is 0 Å². The summed E-state index contributed by atoms with van der Waals surface area (Å²) in [5.41, 5.74) is 0. The van der Waals surface area contributed by atoms with Crippen LogP contribution in [0.2, 0.25) is 0 Å². The molecule has 0 aliphatic heterocycles. The minimum atomic E-state index is 1.14.